The van der Waals surface area contributed by atoms with Crippen LogP contribution in [0.3, 0.4) is 0 Å². The van der Waals surface area contributed by atoms with E-state index in [9.17, 15) is 14.4 Å². The van der Waals surface area contributed by atoms with Crippen molar-refractivity contribution >= 4 is 17.8 Å². The molecular formula is C7H10N2O4. The Labute approximate surface area is 74.5 Å². The highest BCUT2D eigenvalue weighted by Gasteiger charge is 1.86. The molecule has 0 radical (unpaired) electrons. The average molecular weight is 186 g/mol. The number of nitrogens with two attached hydrogens (primary N) is 2. The molecule has 0 spiro atoms. The standard InChI is InChI=1S/C4H5NO3.C3H5NO/c5-3(6)1-2-4(7)8;1-2-3(4)5/h1-2H,(H2,5,6)(H,7,8);2H,1H2,(H2,4,5). The van der Waals surface area contributed by atoms with Crippen molar-refractivity contribution in [2.45, 2.75) is 0 Å². The van der Waals surface area contributed by atoms with Crippen molar-refractivity contribution in [1.29, 1.82) is 0 Å². The van der Waals surface area contributed by atoms with Crippen LogP contribution >= 0.6 is 0 Å². The zero-order valence-corrected chi connectivity index (χ0v) is 6.77. The number of rotatable bonds is 3. The summed E-state index contributed by atoms with van der Waals surface area (Å²) in [6, 6.07) is 0. The minimum absolute atomic E-state index is 0.481. The van der Waals surface area contributed by atoms with E-state index < -0.39 is 17.8 Å². The first-order valence-corrected chi connectivity index (χ1v) is 3.02. The van der Waals surface area contributed by atoms with Crippen LogP contribution in [0.4, 0.5) is 0 Å². The number of carboxylic acid groups (broad SMARTS) is 1. The fourth-order valence-corrected chi connectivity index (χ4v) is 0.153. The lowest BCUT2D eigenvalue weighted by molar-refractivity contribution is -0.131. The molecule has 0 aromatic rings. The fourth-order valence-electron chi connectivity index (χ4n) is 0.153. The largest absolute Gasteiger partial charge is 0.478 e. The molecule has 6 nitrogen and oxygen atoms in total. The van der Waals surface area contributed by atoms with E-state index in [0.717, 1.165) is 12.2 Å². The van der Waals surface area contributed by atoms with Crippen LogP contribution in [0.2, 0.25) is 0 Å². The molecular weight excluding hydrogens is 176 g/mol. The van der Waals surface area contributed by atoms with Crippen molar-refractivity contribution in [2.75, 3.05) is 0 Å². The zero-order valence-electron chi connectivity index (χ0n) is 6.77. The zero-order chi connectivity index (χ0) is 10.9. The van der Waals surface area contributed by atoms with Crippen LogP contribution < -0.4 is 11.5 Å². The monoisotopic (exact) mass is 186 g/mol. The highest BCUT2D eigenvalue weighted by atomic mass is 16.4. The molecule has 0 aromatic heterocycles. The average Bonchev–Trinajstić information content (AvgIpc) is 2.02. The van der Waals surface area contributed by atoms with Gasteiger partial charge in [0.25, 0.3) is 0 Å². The van der Waals surface area contributed by atoms with Gasteiger partial charge in [-0.05, 0) is 6.08 Å². The second-order valence-corrected chi connectivity index (χ2v) is 1.68. The number of amides is 2. The van der Waals surface area contributed by atoms with Gasteiger partial charge >= 0.3 is 5.97 Å². The molecule has 0 saturated heterocycles. The molecule has 0 saturated carbocycles. The van der Waals surface area contributed by atoms with E-state index in [1.165, 1.54) is 0 Å². The van der Waals surface area contributed by atoms with Crippen LogP contribution in [0.25, 0.3) is 0 Å². The highest BCUT2D eigenvalue weighted by Crippen LogP contribution is 1.68. The number of carbonyl (C=O) groups excluding carboxylic acids is 2. The molecule has 0 aliphatic heterocycles. The van der Waals surface area contributed by atoms with Gasteiger partial charge in [-0.3, -0.25) is 9.59 Å². The smallest absolute Gasteiger partial charge is 0.328 e. The van der Waals surface area contributed by atoms with E-state index >= 15 is 0 Å². The van der Waals surface area contributed by atoms with Crippen LogP contribution in [0.5, 0.6) is 0 Å². The molecule has 0 aromatic carbocycles. The Morgan fingerprint density at radius 1 is 1.08 bits per heavy atom. The maximum absolute atomic E-state index is 9.78. The van der Waals surface area contributed by atoms with E-state index in [0.29, 0.717) is 6.08 Å². The van der Waals surface area contributed by atoms with E-state index in [-0.39, 0.29) is 0 Å². The summed E-state index contributed by atoms with van der Waals surface area (Å²) in [7, 11) is 0. The molecule has 72 valence electrons. The van der Waals surface area contributed by atoms with Gasteiger partial charge in [-0.2, -0.15) is 0 Å². The third-order valence-electron chi connectivity index (χ3n) is 0.591. The first-order valence-electron chi connectivity index (χ1n) is 3.02. The van der Waals surface area contributed by atoms with Crippen molar-refractivity contribution in [3.8, 4) is 0 Å². The topological polar surface area (TPSA) is 123 Å². The van der Waals surface area contributed by atoms with Crippen LogP contribution in [-0.4, -0.2) is 22.9 Å². The maximum Gasteiger partial charge on any atom is 0.328 e. The van der Waals surface area contributed by atoms with Crippen molar-refractivity contribution < 1.29 is 19.5 Å². The van der Waals surface area contributed by atoms with Crippen LogP contribution in [0.1, 0.15) is 0 Å². The van der Waals surface area contributed by atoms with Crippen molar-refractivity contribution in [2.24, 2.45) is 11.5 Å². The van der Waals surface area contributed by atoms with Crippen LogP contribution in [0, 0.1) is 0 Å². The number of carboxylic acids is 1. The molecule has 13 heavy (non-hydrogen) atoms. The number of aliphatic carboxylic acids is 1. The van der Waals surface area contributed by atoms with Gasteiger partial charge in [-0.25, -0.2) is 4.79 Å². The second kappa shape index (κ2) is 7.99. The Kier molecular flexibility index (Phi) is 8.28. The number of hydrogen-bond donors (Lipinski definition) is 3. The summed E-state index contributed by atoms with van der Waals surface area (Å²) in [5.41, 5.74) is 9.09. The highest BCUT2D eigenvalue weighted by molar-refractivity contribution is 5.92. The fraction of sp³-hybridized carbons (Fsp3) is 0. The van der Waals surface area contributed by atoms with E-state index in [1.54, 1.807) is 0 Å². The molecule has 0 rings (SSSR count). The molecule has 0 fully saturated rings. The van der Waals surface area contributed by atoms with Crippen LogP contribution in [-0.2, 0) is 14.4 Å². The summed E-state index contributed by atoms with van der Waals surface area (Å²) >= 11 is 0. The Morgan fingerprint density at radius 2 is 1.46 bits per heavy atom. The van der Waals surface area contributed by atoms with E-state index in [1.807, 2.05) is 0 Å². The predicted octanol–water partition coefficient (Wildman–Crippen LogP) is -1.23. The van der Waals surface area contributed by atoms with Gasteiger partial charge in [-0.15, -0.1) is 0 Å². The Balaban J connectivity index is 0. The molecule has 0 unspecified atom stereocenters. The Bertz CT molecular complexity index is 229. The van der Waals surface area contributed by atoms with Crippen molar-refractivity contribution in [1.82, 2.24) is 0 Å². The van der Waals surface area contributed by atoms with Gasteiger partial charge in [0.15, 0.2) is 0 Å². The van der Waals surface area contributed by atoms with Gasteiger partial charge in [0.2, 0.25) is 11.8 Å². The Morgan fingerprint density at radius 3 is 1.54 bits per heavy atom. The number of carbonyl (C=O) groups is 3. The molecule has 2 amide bonds. The molecule has 0 aliphatic rings. The SMILES string of the molecule is C=CC(N)=O.NC(=O)C=CC(=O)O. The summed E-state index contributed by atoms with van der Waals surface area (Å²) in [6.07, 6.45) is 2.52. The van der Waals surface area contributed by atoms with E-state index in [2.05, 4.69) is 18.0 Å². The third kappa shape index (κ3) is 25.7. The lowest BCUT2D eigenvalue weighted by Crippen LogP contribution is -2.06. The second-order valence-electron chi connectivity index (χ2n) is 1.68. The lowest BCUT2D eigenvalue weighted by atomic mass is 10.5. The summed E-state index contributed by atoms with van der Waals surface area (Å²) in [6.45, 7) is 3.09. The van der Waals surface area contributed by atoms with Gasteiger partial charge in [0.05, 0.1) is 0 Å². The van der Waals surface area contributed by atoms with Crippen molar-refractivity contribution in [3.63, 3.8) is 0 Å². The molecule has 6 heteroatoms. The quantitative estimate of drug-likeness (QED) is 0.477. The van der Waals surface area contributed by atoms with Crippen molar-refractivity contribution in [3.05, 3.63) is 24.8 Å². The van der Waals surface area contributed by atoms with Gasteiger partial charge < -0.3 is 16.6 Å². The summed E-state index contributed by atoms with van der Waals surface area (Å²) < 4.78 is 0. The van der Waals surface area contributed by atoms with Gasteiger partial charge in [0.1, 0.15) is 0 Å². The molecule has 0 aliphatic carbocycles. The first kappa shape index (κ1) is 13.5. The van der Waals surface area contributed by atoms with Gasteiger partial charge in [0, 0.05) is 12.2 Å². The normalized spacial score (nSPS) is 8.31. The number of hydrogen-bond acceptors (Lipinski definition) is 3. The van der Waals surface area contributed by atoms with Crippen LogP contribution in [0.15, 0.2) is 24.8 Å². The third-order valence-corrected chi connectivity index (χ3v) is 0.591. The minimum atomic E-state index is -1.18. The summed E-state index contributed by atoms with van der Waals surface area (Å²) in [4.78, 5) is 28.9. The molecule has 0 atom stereocenters. The molecule has 0 bridgehead atoms. The lowest BCUT2D eigenvalue weighted by Gasteiger charge is -1.75. The number of primary amides is 2. The van der Waals surface area contributed by atoms with Gasteiger partial charge in [-0.1, -0.05) is 6.58 Å². The van der Waals surface area contributed by atoms with E-state index in [4.69, 9.17) is 5.11 Å². The molecule has 5 N–H and O–H groups in total. The maximum atomic E-state index is 9.78. The predicted molar refractivity (Wildman–Crippen MR) is 45.4 cm³/mol. The summed E-state index contributed by atoms with van der Waals surface area (Å²) in [5, 5.41) is 7.87. The first-order chi connectivity index (χ1) is 5.90. The molecule has 0 heterocycles. The summed E-state index contributed by atoms with van der Waals surface area (Å²) in [5.74, 6) is -2.42. The minimum Gasteiger partial charge on any atom is -0.478 e. The Hall–Kier alpha value is -2.11.